The molecule has 2 N–H and O–H groups in total. The Morgan fingerprint density at radius 3 is 2.37 bits per heavy atom. The van der Waals surface area contributed by atoms with Crippen molar-refractivity contribution in [1.82, 2.24) is 14.6 Å². The fourth-order valence-electron chi connectivity index (χ4n) is 3.46. The first-order chi connectivity index (χ1) is 12.8. The van der Waals surface area contributed by atoms with Crippen molar-refractivity contribution in [2.24, 2.45) is 0 Å². The molecule has 8 heteroatoms. The molecule has 1 amide bonds. The van der Waals surface area contributed by atoms with Gasteiger partial charge in [-0.15, -0.1) is 0 Å². The predicted molar refractivity (Wildman–Crippen MR) is 105 cm³/mol. The lowest BCUT2D eigenvalue weighted by Gasteiger charge is -2.27. The molecule has 0 atom stereocenters. The number of rotatable bonds is 5. The monoisotopic (exact) mass is 409 g/mol. The molecule has 0 aliphatic carbocycles. The number of halogens is 1. The van der Waals surface area contributed by atoms with Crippen LogP contribution >= 0.6 is 11.6 Å². The van der Waals surface area contributed by atoms with E-state index in [0.29, 0.717) is 29.5 Å². The van der Waals surface area contributed by atoms with Gasteiger partial charge in [-0.1, -0.05) is 23.7 Å². The van der Waals surface area contributed by atoms with Gasteiger partial charge in [0.25, 0.3) is 5.91 Å². The zero-order chi connectivity index (χ0) is 19.6. The summed E-state index contributed by atoms with van der Waals surface area (Å²) in [5, 5.41) is 0.591. The molecule has 1 aliphatic heterocycles. The quantitative estimate of drug-likeness (QED) is 0.794. The number of amides is 1. The summed E-state index contributed by atoms with van der Waals surface area (Å²) in [6.07, 6.45) is 3.00. The zero-order valence-corrected chi connectivity index (χ0v) is 17.1. The summed E-state index contributed by atoms with van der Waals surface area (Å²) in [6, 6.07) is 6.95. The Bertz CT molecular complexity index is 930. The second-order valence-corrected chi connectivity index (χ2v) is 9.02. The number of aryl methyl sites for hydroxylation is 2. The zero-order valence-electron chi connectivity index (χ0n) is 15.5. The number of benzene rings is 1. The molecule has 0 saturated carbocycles. The maximum absolute atomic E-state index is 13.0. The number of aromatic amines is 1. The van der Waals surface area contributed by atoms with Crippen LogP contribution in [-0.2, 0) is 16.6 Å². The van der Waals surface area contributed by atoms with Crippen LogP contribution in [0.5, 0.6) is 0 Å². The summed E-state index contributed by atoms with van der Waals surface area (Å²) in [6.45, 7) is 4.88. The number of carbonyl (C=O) groups is 1. The summed E-state index contributed by atoms with van der Waals surface area (Å²) in [5.41, 5.74) is 2.08. The standard InChI is InChI=1S/C19H24ClN3O3S/c1-13-17(19(24)23-10-4-3-5-11-23)18(14(2)22-13)27(25,26)21-12-15-6-8-16(20)9-7-15/h6-9,21-22H,3-5,10-12H2,1-2H3. The molecule has 1 aromatic carbocycles. The molecule has 0 unspecified atom stereocenters. The molecule has 27 heavy (non-hydrogen) atoms. The smallest absolute Gasteiger partial charge is 0.257 e. The average Bonchev–Trinajstić information content (AvgIpc) is 2.96. The first-order valence-corrected chi connectivity index (χ1v) is 10.9. The van der Waals surface area contributed by atoms with E-state index in [-0.39, 0.29) is 22.9 Å². The highest BCUT2D eigenvalue weighted by molar-refractivity contribution is 7.89. The molecular formula is C19H24ClN3O3S. The van der Waals surface area contributed by atoms with Crippen molar-refractivity contribution in [3.63, 3.8) is 0 Å². The summed E-state index contributed by atoms with van der Waals surface area (Å²) in [5.74, 6) is -0.219. The van der Waals surface area contributed by atoms with Crippen molar-refractivity contribution in [2.45, 2.75) is 44.6 Å². The third-order valence-corrected chi connectivity index (χ3v) is 6.65. The number of likely N-dealkylation sites (tertiary alicyclic amines) is 1. The van der Waals surface area contributed by atoms with Crippen molar-refractivity contribution in [3.05, 3.63) is 51.8 Å². The minimum absolute atomic E-state index is 0.0459. The van der Waals surface area contributed by atoms with Crippen LogP contribution in [0, 0.1) is 13.8 Å². The van der Waals surface area contributed by atoms with Gasteiger partial charge in [-0.05, 0) is 50.8 Å². The van der Waals surface area contributed by atoms with Crippen LogP contribution in [0.2, 0.25) is 5.02 Å². The number of hydrogen-bond donors (Lipinski definition) is 2. The maximum atomic E-state index is 13.0. The van der Waals surface area contributed by atoms with Gasteiger partial charge in [-0.25, -0.2) is 13.1 Å². The van der Waals surface area contributed by atoms with Gasteiger partial charge in [0.05, 0.1) is 5.56 Å². The lowest BCUT2D eigenvalue weighted by molar-refractivity contribution is 0.0720. The topological polar surface area (TPSA) is 82.3 Å². The van der Waals surface area contributed by atoms with E-state index >= 15 is 0 Å². The normalized spacial score (nSPS) is 15.1. The fourth-order valence-corrected chi connectivity index (χ4v) is 5.05. The highest BCUT2D eigenvalue weighted by Gasteiger charge is 2.31. The van der Waals surface area contributed by atoms with Gasteiger partial charge in [-0.3, -0.25) is 4.79 Å². The van der Waals surface area contributed by atoms with Crippen molar-refractivity contribution in [2.75, 3.05) is 13.1 Å². The second kappa shape index (κ2) is 8.04. The molecule has 0 radical (unpaired) electrons. The van der Waals surface area contributed by atoms with E-state index < -0.39 is 10.0 Å². The molecule has 0 bridgehead atoms. The number of carbonyl (C=O) groups excluding carboxylic acids is 1. The van der Waals surface area contributed by atoms with E-state index in [4.69, 9.17) is 11.6 Å². The van der Waals surface area contributed by atoms with Crippen LogP contribution in [0.15, 0.2) is 29.2 Å². The van der Waals surface area contributed by atoms with Crippen molar-refractivity contribution in [3.8, 4) is 0 Å². The Hall–Kier alpha value is -1.83. The number of nitrogens with one attached hydrogen (secondary N) is 2. The van der Waals surface area contributed by atoms with E-state index in [1.165, 1.54) is 0 Å². The molecule has 6 nitrogen and oxygen atoms in total. The van der Waals surface area contributed by atoms with Gasteiger partial charge in [0.15, 0.2) is 0 Å². The molecule has 1 fully saturated rings. The summed E-state index contributed by atoms with van der Waals surface area (Å²) >= 11 is 5.87. The van der Waals surface area contributed by atoms with E-state index in [9.17, 15) is 13.2 Å². The third-order valence-electron chi connectivity index (χ3n) is 4.82. The van der Waals surface area contributed by atoms with Crippen LogP contribution in [-0.4, -0.2) is 37.3 Å². The SMILES string of the molecule is Cc1[nH]c(C)c(S(=O)(=O)NCc2ccc(Cl)cc2)c1C(=O)N1CCCCC1. The molecule has 2 heterocycles. The number of hydrogen-bond acceptors (Lipinski definition) is 3. The van der Waals surface area contributed by atoms with E-state index in [2.05, 4.69) is 9.71 Å². The minimum Gasteiger partial charge on any atom is -0.361 e. The van der Waals surface area contributed by atoms with Gasteiger partial charge in [0, 0.05) is 36.0 Å². The van der Waals surface area contributed by atoms with Gasteiger partial charge >= 0.3 is 0 Å². The number of H-pyrrole nitrogens is 1. The second-order valence-electron chi connectivity index (χ2n) is 6.88. The van der Waals surface area contributed by atoms with E-state index in [1.54, 1.807) is 43.0 Å². The first kappa shape index (κ1) is 19.9. The van der Waals surface area contributed by atoms with Gasteiger partial charge in [0.1, 0.15) is 4.90 Å². The number of nitrogens with zero attached hydrogens (tertiary/aromatic N) is 1. The highest BCUT2D eigenvalue weighted by Crippen LogP contribution is 2.26. The Morgan fingerprint density at radius 2 is 1.74 bits per heavy atom. The van der Waals surface area contributed by atoms with Crippen LogP contribution < -0.4 is 4.72 Å². The number of sulfonamides is 1. The molecule has 0 spiro atoms. The first-order valence-electron chi connectivity index (χ1n) is 9.02. The minimum atomic E-state index is -3.85. The van der Waals surface area contributed by atoms with Gasteiger partial charge in [-0.2, -0.15) is 0 Å². The van der Waals surface area contributed by atoms with E-state index in [1.807, 2.05) is 0 Å². The van der Waals surface area contributed by atoms with Crippen molar-refractivity contribution in [1.29, 1.82) is 0 Å². The van der Waals surface area contributed by atoms with Crippen LogP contribution in [0.1, 0.15) is 46.6 Å². The lowest BCUT2D eigenvalue weighted by Crippen LogP contribution is -2.37. The average molecular weight is 410 g/mol. The van der Waals surface area contributed by atoms with E-state index in [0.717, 1.165) is 24.8 Å². The lowest BCUT2D eigenvalue weighted by atomic mass is 10.1. The predicted octanol–water partition coefficient (Wildman–Crippen LogP) is 3.39. The maximum Gasteiger partial charge on any atom is 0.257 e. The van der Waals surface area contributed by atoms with Crippen LogP contribution in [0.25, 0.3) is 0 Å². The van der Waals surface area contributed by atoms with Gasteiger partial charge in [0.2, 0.25) is 10.0 Å². The molecule has 1 aromatic heterocycles. The molecule has 146 valence electrons. The molecule has 2 aromatic rings. The Kier molecular flexibility index (Phi) is 5.93. The number of piperidine rings is 1. The van der Waals surface area contributed by atoms with Crippen LogP contribution in [0.4, 0.5) is 0 Å². The van der Waals surface area contributed by atoms with Crippen LogP contribution in [0.3, 0.4) is 0 Å². The fraction of sp³-hybridized carbons (Fsp3) is 0.421. The third kappa shape index (κ3) is 4.36. The van der Waals surface area contributed by atoms with Crippen molar-refractivity contribution < 1.29 is 13.2 Å². The number of aromatic nitrogens is 1. The summed E-state index contributed by atoms with van der Waals surface area (Å²) in [4.78, 5) is 17.8. The molecule has 3 rings (SSSR count). The van der Waals surface area contributed by atoms with Gasteiger partial charge < -0.3 is 9.88 Å². The highest BCUT2D eigenvalue weighted by atomic mass is 35.5. The molecule has 1 saturated heterocycles. The van der Waals surface area contributed by atoms with Crippen molar-refractivity contribution >= 4 is 27.5 Å². The molecular weight excluding hydrogens is 386 g/mol. The Labute approximate surface area is 165 Å². The Balaban J connectivity index is 1.88. The Morgan fingerprint density at radius 1 is 1.11 bits per heavy atom. The molecule has 1 aliphatic rings. The largest absolute Gasteiger partial charge is 0.361 e. The summed E-state index contributed by atoms with van der Waals surface area (Å²) < 4.78 is 28.6. The summed E-state index contributed by atoms with van der Waals surface area (Å²) in [7, 11) is -3.85.